The van der Waals surface area contributed by atoms with E-state index in [1.165, 1.54) is 0 Å². The van der Waals surface area contributed by atoms with Gasteiger partial charge < -0.3 is 10.1 Å². The van der Waals surface area contributed by atoms with E-state index in [0.717, 1.165) is 44.3 Å². The number of aryl methyl sites for hydroxylation is 1. The van der Waals surface area contributed by atoms with Gasteiger partial charge in [-0.1, -0.05) is 28.1 Å². The second-order valence-corrected chi connectivity index (χ2v) is 8.20. The standard InChI is InChI=1S/C24H23BrN4O2/c1-4-26-23(30)13-17-7-11-20(16-5-8-18(25)9-6-16)21-14-19(31-3)10-12-22(21)29-15(2)27-28-24(17)29/h5-10,12,14,17H,4,13H2,1-3H3,(H,26,30). The molecule has 1 N–H and O–H groups in total. The third-order valence-electron chi connectivity index (χ3n) is 5.24. The zero-order chi connectivity index (χ0) is 22.0. The molecular weight excluding hydrogens is 456 g/mol. The average Bonchev–Trinajstić information content (AvgIpc) is 3.13. The van der Waals surface area contributed by atoms with Crippen LogP contribution in [-0.4, -0.2) is 34.3 Å². The Hall–Kier alpha value is -3.15. The van der Waals surface area contributed by atoms with Crippen LogP contribution >= 0.6 is 15.9 Å². The summed E-state index contributed by atoms with van der Waals surface area (Å²) in [4.78, 5) is 12.4. The van der Waals surface area contributed by atoms with Gasteiger partial charge in [0, 0.05) is 28.6 Å². The fourth-order valence-electron chi connectivity index (χ4n) is 3.76. The van der Waals surface area contributed by atoms with E-state index >= 15 is 0 Å². The Morgan fingerprint density at radius 3 is 2.71 bits per heavy atom. The van der Waals surface area contributed by atoms with Crippen LogP contribution in [0.3, 0.4) is 0 Å². The predicted octanol–water partition coefficient (Wildman–Crippen LogP) is 4.56. The topological polar surface area (TPSA) is 69.0 Å². The van der Waals surface area contributed by atoms with Gasteiger partial charge in [-0.15, -0.1) is 15.9 Å². The summed E-state index contributed by atoms with van der Waals surface area (Å²) in [5.74, 6) is 1.94. The van der Waals surface area contributed by atoms with E-state index in [4.69, 9.17) is 4.74 Å². The quantitative estimate of drug-likeness (QED) is 0.545. The van der Waals surface area contributed by atoms with E-state index in [1.54, 1.807) is 7.11 Å². The molecule has 0 fully saturated rings. The van der Waals surface area contributed by atoms with Gasteiger partial charge in [-0.05, 0) is 55.8 Å². The highest BCUT2D eigenvalue weighted by Crippen LogP contribution is 2.36. The fourth-order valence-corrected chi connectivity index (χ4v) is 4.03. The minimum atomic E-state index is -0.256. The van der Waals surface area contributed by atoms with Crippen molar-refractivity contribution in [2.24, 2.45) is 0 Å². The Morgan fingerprint density at radius 1 is 1.23 bits per heavy atom. The Kier molecular flexibility index (Phi) is 6.07. The van der Waals surface area contributed by atoms with Crippen LogP contribution in [0.25, 0.3) is 11.3 Å². The number of rotatable bonds is 5. The highest BCUT2D eigenvalue weighted by Gasteiger charge is 2.26. The molecule has 1 atom stereocenters. The van der Waals surface area contributed by atoms with E-state index in [9.17, 15) is 4.79 Å². The molecule has 1 unspecified atom stereocenters. The molecule has 7 heteroatoms. The lowest BCUT2D eigenvalue weighted by molar-refractivity contribution is -0.121. The molecule has 0 saturated carbocycles. The summed E-state index contributed by atoms with van der Waals surface area (Å²) in [6.45, 7) is 4.42. The number of allylic oxidation sites excluding steroid dienone is 1. The molecule has 2 heterocycles. The number of nitrogens with one attached hydrogen (secondary N) is 1. The predicted molar refractivity (Wildman–Crippen MR) is 123 cm³/mol. The molecule has 6 nitrogen and oxygen atoms in total. The van der Waals surface area contributed by atoms with Gasteiger partial charge in [0.1, 0.15) is 17.4 Å². The summed E-state index contributed by atoms with van der Waals surface area (Å²) in [6, 6.07) is 14.0. The van der Waals surface area contributed by atoms with Crippen molar-refractivity contribution < 1.29 is 9.53 Å². The summed E-state index contributed by atoms with van der Waals surface area (Å²) in [5.41, 5.74) is 7.29. The minimum absolute atomic E-state index is 0.0292. The van der Waals surface area contributed by atoms with Crippen LogP contribution in [-0.2, 0) is 4.79 Å². The maximum absolute atomic E-state index is 12.4. The molecule has 158 valence electrons. The Bertz CT molecular complexity index is 1190. The maximum atomic E-state index is 12.4. The van der Waals surface area contributed by atoms with Crippen LogP contribution in [0.15, 0.2) is 58.7 Å². The van der Waals surface area contributed by atoms with Crippen molar-refractivity contribution in [3.63, 3.8) is 0 Å². The number of nitrogens with zero attached hydrogens (tertiary/aromatic N) is 3. The van der Waals surface area contributed by atoms with Gasteiger partial charge in [0.25, 0.3) is 0 Å². The molecule has 4 rings (SSSR count). The largest absolute Gasteiger partial charge is 0.497 e. The molecule has 31 heavy (non-hydrogen) atoms. The lowest BCUT2D eigenvalue weighted by atomic mass is 9.93. The molecule has 1 aliphatic heterocycles. The van der Waals surface area contributed by atoms with Gasteiger partial charge in [-0.2, -0.15) is 0 Å². The van der Waals surface area contributed by atoms with Crippen molar-refractivity contribution in [2.45, 2.75) is 26.2 Å². The zero-order valence-electron chi connectivity index (χ0n) is 17.6. The Balaban J connectivity index is 1.97. The number of methoxy groups -OCH3 is 1. The van der Waals surface area contributed by atoms with E-state index in [0.29, 0.717) is 6.54 Å². The van der Waals surface area contributed by atoms with Crippen LogP contribution in [0.2, 0.25) is 0 Å². The number of amides is 1. The molecule has 0 spiro atoms. The third-order valence-corrected chi connectivity index (χ3v) is 5.77. The lowest BCUT2D eigenvalue weighted by Crippen LogP contribution is -2.25. The highest BCUT2D eigenvalue weighted by molar-refractivity contribution is 9.10. The summed E-state index contributed by atoms with van der Waals surface area (Å²) < 4.78 is 8.53. The molecule has 0 bridgehead atoms. The van der Waals surface area contributed by atoms with Gasteiger partial charge in [0.15, 0.2) is 0 Å². The molecular formula is C24H23BrN4O2. The second kappa shape index (κ2) is 8.92. The van der Waals surface area contributed by atoms with E-state index in [-0.39, 0.29) is 18.2 Å². The summed E-state index contributed by atoms with van der Waals surface area (Å²) in [6.07, 6.45) is 2.20. The van der Waals surface area contributed by atoms with Crippen molar-refractivity contribution in [1.29, 1.82) is 0 Å². The maximum Gasteiger partial charge on any atom is 0.221 e. The minimum Gasteiger partial charge on any atom is -0.497 e. The van der Waals surface area contributed by atoms with Crippen LogP contribution in [0.1, 0.15) is 42.0 Å². The first-order valence-electron chi connectivity index (χ1n) is 10.1. The SMILES string of the molecule is CCNC(=O)CC1C=C=C(c2ccc(Br)cc2)c2cc(OC)ccc2-n2c(C)nnc21. The van der Waals surface area contributed by atoms with Gasteiger partial charge in [-0.3, -0.25) is 9.36 Å². The first-order chi connectivity index (χ1) is 15.0. The molecule has 1 aliphatic rings. The second-order valence-electron chi connectivity index (χ2n) is 7.28. The van der Waals surface area contributed by atoms with Crippen LogP contribution in [0, 0.1) is 6.92 Å². The zero-order valence-corrected chi connectivity index (χ0v) is 19.2. The summed E-state index contributed by atoms with van der Waals surface area (Å²) >= 11 is 3.51. The van der Waals surface area contributed by atoms with Crippen molar-refractivity contribution in [3.05, 3.63) is 81.5 Å². The Labute approximate surface area is 189 Å². The van der Waals surface area contributed by atoms with Crippen LogP contribution < -0.4 is 10.1 Å². The van der Waals surface area contributed by atoms with Gasteiger partial charge in [0.2, 0.25) is 5.91 Å². The highest BCUT2D eigenvalue weighted by atomic mass is 79.9. The number of carbonyl (C=O) groups is 1. The van der Waals surface area contributed by atoms with Gasteiger partial charge >= 0.3 is 0 Å². The number of halogens is 1. The number of carbonyl (C=O) groups excluding carboxylic acids is 1. The Morgan fingerprint density at radius 2 is 2.00 bits per heavy atom. The van der Waals surface area contributed by atoms with Crippen LogP contribution in [0.4, 0.5) is 0 Å². The van der Waals surface area contributed by atoms with E-state index in [1.807, 2.05) is 67.0 Å². The average molecular weight is 479 g/mol. The molecule has 0 saturated heterocycles. The van der Waals surface area contributed by atoms with E-state index < -0.39 is 0 Å². The summed E-state index contributed by atoms with van der Waals surface area (Å²) in [5, 5.41) is 11.6. The van der Waals surface area contributed by atoms with E-state index in [2.05, 4.69) is 37.2 Å². The third kappa shape index (κ3) is 4.20. The van der Waals surface area contributed by atoms with Gasteiger partial charge in [-0.25, -0.2) is 0 Å². The number of ether oxygens (including phenoxy) is 1. The number of hydrogen-bond donors (Lipinski definition) is 1. The summed E-state index contributed by atoms with van der Waals surface area (Å²) in [7, 11) is 1.65. The molecule has 0 radical (unpaired) electrons. The molecule has 0 aliphatic carbocycles. The van der Waals surface area contributed by atoms with Gasteiger partial charge in [0.05, 0.1) is 18.7 Å². The molecule has 2 aromatic carbocycles. The van der Waals surface area contributed by atoms with Crippen molar-refractivity contribution in [1.82, 2.24) is 20.1 Å². The lowest BCUT2D eigenvalue weighted by Gasteiger charge is -2.21. The molecule has 1 amide bonds. The molecule has 1 aromatic heterocycles. The van der Waals surface area contributed by atoms with Crippen molar-refractivity contribution in [3.8, 4) is 11.4 Å². The molecule has 3 aromatic rings. The first kappa shape index (κ1) is 21.1. The van der Waals surface area contributed by atoms with Crippen molar-refractivity contribution in [2.75, 3.05) is 13.7 Å². The number of hydrogen-bond acceptors (Lipinski definition) is 4. The van der Waals surface area contributed by atoms with Crippen molar-refractivity contribution >= 4 is 27.4 Å². The first-order valence-corrected chi connectivity index (χ1v) is 10.9. The van der Waals surface area contributed by atoms with Crippen LogP contribution in [0.5, 0.6) is 5.75 Å². The smallest absolute Gasteiger partial charge is 0.221 e. The number of aromatic nitrogens is 3. The monoisotopic (exact) mass is 478 g/mol. The number of benzene rings is 2. The number of fused-ring (bicyclic) bond motifs is 3. The fraction of sp³-hybridized carbons (Fsp3) is 0.250. The normalized spacial score (nSPS) is 14.7.